The van der Waals surface area contributed by atoms with Gasteiger partial charge in [-0.1, -0.05) is 18.1 Å². The molecule has 5 nitrogen and oxygen atoms in total. The fraction of sp³-hybridized carbons (Fsp3) is 0.222. The van der Waals surface area contributed by atoms with Gasteiger partial charge >= 0.3 is 0 Å². The molecule has 2 aromatic carbocycles. The summed E-state index contributed by atoms with van der Waals surface area (Å²) in [5.74, 6) is 1.96. The molecule has 0 fully saturated rings. The van der Waals surface area contributed by atoms with Crippen molar-refractivity contribution >= 4 is 28.3 Å². The second-order valence-corrected chi connectivity index (χ2v) is 5.68. The summed E-state index contributed by atoms with van der Waals surface area (Å²) in [6, 6.07) is 8.82. The smallest absolute Gasteiger partial charge is 0.261 e. The lowest BCUT2D eigenvalue weighted by Gasteiger charge is -2.28. The van der Waals surface area contributed by atoms with E-state index >= 15 is 0 Å². The molecule has 0 aromatic heterocycles. The molecular weight excluding hydrogens is 290 g/mol. The van der Waals surface area contributed by atoms with Crippen LogP contribution >= 0.6 is 0 Å². The first-order valence-corrected chi connectivity index (χ1v) is 7.33. The normalized spacial score (nSPS) is 13.7. The maximum Gasteiger partial charge on any atom is 0.261 e. The van der Waals surface area contributed by atoms with Crippen molar-refractivity contribution in [2.24, 2.45) is 0 Å². The van der Waals surface area contributed by atoms with Crippen LogP contribution in [0.4, 0.5) is 5.69 Å². The lowest BCUT2D eigenvalue weighted by molar-refractivity contribution is 0.0599. The molecule has 0 unspecified atom stereocenters. The van der Waals surface area contributed by atoms with E-state index in [0.717, 1.165) is 5.39 Å². The Balaban J connectivity index is 2.00. The lowest BCUT2D eigenvalue weighted by Crippen LogP contribution is -2.44. The van der Waals surface area contributed by atoms with E-state index in [0.29, 0.717) is 41.8 Å². The van der Waals surface area contributed by atoms with Gasteiger partial charge in [-0.05, 0) is 30.6 Å². The molecule has 23 heavy (non-hydrogen) atoms. The van der Waals surface area contributed by atoms with E-state index in [4.69, 9.17) is 12.2 Å². The first kappa shape index (κ1) is 15.1. The van der Waals surface area contributed by atoms with Crippen molar-refractivity contribution in [1.82, 2.24) is 9.80 Å². The number of benzene rings is 2. The summed E-state index contributed by atoms with van der Waals surface area (Å²) in [4.78, 5) is 28.6. The Hall–Kier alpha value is -2.84. The van der Waals surface area contributed by atoms with Gasteiger partial charge < -0.3 is 5.73 Å². The molecule has 116 valence electrons. The fourth-order valence-electron chi connectivity index (χ4n) is 2.89. The van der Waals surface area contributed by atoms with Gasteiger partial charge in [0.25, 0.3) is 11.8 Å². The molecule has 1 aliphatic rings. The average Bonchev–Trinajstić information content (AvgIpc) is 2.52. The topological polar surface area (TPSA) is 66.6 Å². The summed E-state index contributed by atoms with van der Waals surface area (Å²) >= 11 is 0. The quantitative estimate of drug-likeness (QED) is 0.529. The van der Waals surface area contributed by atoms with E-state index in [1.165, 1.54) is 4.90 Å². The monoisotopic (exact) mass is 307 g/mol. The van der Waals surface area contributed by atoms with Crippen molar-refractivity contribution in [1.29, 1.82) is 0 Å². The average molecular weight is 307 g/mol. The second-order valence-electron chi connectivity index (χ2n) is 5.68. The number of carbonyl (C=O) groups excluding carboxylic acids is 2. The molecule has 0 atom stereocenters. The van der Waals surface area contributed by atoms with E-state index in [-0.39, 0.29) is 11.8 Å². The van der Waals surface area contributed by atoms with Crippen molar-refractivity contribution < 1.29 is 9.59 Å². The molecule has 3 rings (SSSR count). The Morgan fingerprint density at radius 3 is 2.70 bits per heavy atom. The number of nitrogens with zero attached hydrogens (tertiary/aromatic N) is 2. The zero-order chi connectivity index (χ0) is 16.6. The van der Waals surface area contributed by atoms with E-state index in [1.807, 2.05) is 18.0 Å². The molecule has 1 heterocycles. The molecule has 0 radical (unpaired) electrons. The number of hydrogen-bond acceptors (Lipinski definition) is 4. The van der Waals surface area contributed by atoms with Crippen LogP contribution in [-0.2, 0) is 0 Å². The maximum atomic E-state index is 12.7. The van der Waals surface area contributed by atoms with Crippen LogP contribution in [0.1, 0.15) is 20.7 Å². The summed E-state index contributed by atoms with van der Waals surface area (Å²) in [7, 11) is 1.85. The summed E-state index contributed by atoms with van der Waals surface area (Å²) in [5.41, 5.74) is 7.42. The number of hydrogen-bond donors (Lipinski definition) is 1. The minimum absolute atomic E-state index is 0.271. The van der Waals surface area contributed by atoms with Gasteiger partial charge in [0, 0.05) is 29.7 Å². The van der Waals surface area contributed by atoms with E-state index < -0.39 is 0 Å². The lowest BCUT2D eigenvalue weighted by atomic mass is 9.93. The Labute approximate surface area is 134 Å². The molecule has 0 aliphatic carbocycles. The number of carbonyl (C=O) groups is 2. The molecule has 2 aromatic rings. The predicted molar refractivity (Wildman–Crippen MR) is 90.1 cm³/mol. The molecule has 0 spiro atoms. The van der Waals surface area contributed by atoms with Crippen molar-refractivity contribution in [3.63, 3.8) is 0 Å². The van der Waals surface area contributed by atoms with Gasteiger partial charge in [-0.15, -0.1) is 6.42 Å². The summed E-state index contributed by atoms with van der Waals surface area (Å²) in [6.07, 6.45) is 5.27. The number of nitrogen functional groups attached to an aromatic ring is 1. The Kier molecular flexibility index (Phi) is 3.77. The van der Waals surface area contributed by atoms with E-state index in [1.54, 1.807) is 24.3 Å². The predicted octanol–water partition coefficient (Wildman–Crippen LogP) is 1.58. The van der Waals surface area contributed by atoms with Crippen molar-refractivity contribution in [2.75, 3.05) is 32.4 Å². The number of anilines is 1. The first-order valence-electron chi connectivity index (χ1n) is 7.33. The number of imide groups is 1. The van der Waals surface area contributed by atoms with Crippen LogP contribution in [0.25, 0.3) is 10.8 Å². The Morgan fingerprint density at radius 2 is 1.96 bits per heavy atom. The first-order chi connectivity index (χ1) is 11.0. The number of likely N-dealkylation sites (N-methyl/N-ethyl adjacent to an activating group) is 1. The van der Waals surface area contributed by atoms with Crippen LogP contribution in [0.2, 0.25) is 0 Å². The summed E-state index contributed by atoms with van der Waals surface area (Å²) in [5, 5.41) is 1.49. The minimum atomic E-state index is -0.305. The highest BCUT2D eigenvalue weighted by Crippen LogP contribution is 2.31. The van der Waals surface area contributed by atoms with Gasteiger partial charge in [0.2, 0.25) is 0 Å². The molecule has 2 N–H and O–H groups in total. The molecular formula is C18H17N3O2. The maximum absolute atomic E-state index is 12.7. The van der Waals surface area contributed by atoms with Crippen molar-refractivity contribution in [3.05, 3.63) is 41.5 Å². The third-order valence-electron chi connectivity index (χ3n) is 4.02. The zero-order valence-corrected chi connectivity index (χ0v) is 12.9. The molecule has 0 saturated heterocycles. The third kappa shape index (κ3) is 2.54. The molecule has 1 aliphatic heterocycles. The highest BCUT2D eigenvalue weighted by atomic mass is 16.2. The standard InChI is InChI=1S/C18H17N3O2/c1-3-7-20(2)8-9-21-17(22)14-6-4-5-12-10-13(19)11-15(16(12)14)18(21)23/h1,4-6,10-11H,7-9,19H2,2H3. The van der Waals surface area contributed by atoms with Crippen LogP contribution in [0, 0.1) is 12.3 Å². The number of rotatable bonds is 4. The molecule has 5 heteroatoms. The van der Waals surface area contributed by atoms with E-state index in [2.05, 4.69) is 5.92 Å². The van der Waals surface area contributed by atoms with Gasteiger partial charge in [-0.2, -0.15) is 0 Å². The largest absolute Gasteiger partial charge is 0.399 e. The van der Waals surface area contributed by atoms with Gasteiger partial charge in [-0.25, -0.2) is 0 Å². The van der Waals surface area contributed by atoms with Gasteiger partial charge in [-0.3, -0.25) is 19.4 Å². The van der Waals surface area contributed by atoms with Gasteiger partial charge in [0.05, 0.1) is 12.1 Å². The van der Waals surface area contributed by atoms with Crippen LogP contribution in [0.15, 0.2) is 30.3 Å². The SMILES string of the molecule is C#CCN(C)CCN1C(=O)c2cccc3cc(N)cc(c23)C1=O. The van der Waals surface area contributed by atoms with Crippen molar-refractivity contribution in [2.45, 2.75) is 0 Å². The zero-order valence-electron chi connectivity index (χ0n) is 12.9. The summed E-state index contributed by atoms with van der Waals surface area (Å²) in [6.45, 7) is 1.28. The number of terminal acetylenes is 1. The van der Waals surface area contributed by atoms with Gasteiger partial charge in [0.1, 0.15) is 0 Å². The molecule has 0 saturated carbocycles. The number of amides is 2. The van der Waals surface area contributed by atoms with Crippen LogP contribution in [0.3, 0.4) is 0 Å². The second kappa shape index (κ2) is 5.75. The highest BCUT2D eigenvalue weighted by Gasteiger charge is 2.32. The highest BCUT2D eigenvalue weighted by molar-refractivity contribution is 6.25. The molecule has 2 amide bonds. The fourth-order valence-corrected chi connectivity index (χ4v) is 2.89. The minimum Gasteiger partial charge on any atom is -0.399 e. The molecule has 0 bridgehead atoms. The third-order valence-corrected chi connectivity index (χ3v) is 4.02. The van der Waals surface area contributed by atoms with Crippen LogP contribution in [-0.4, -0.2) is 48.3 Å². The van der Waals surface area contributed by atoms with Crippen molar-refractivity contribution in [3.8, 4) is 12.3 Å². The van der Waals surface area contributed by atoms with Crippen LogP contribution in [0.5, 0.6) is 0 Å². The van der Waals surface area contributed by atoms with Gasteiger partial charge in [0.15, 0.2) is 0 Å². The summed E-state index contributed by atoms with van der Waals surface area (Å²) < 4.78 is 0. The van der Waals surface area contributed by atoms with E-state index in [9.17, 15) is 9.59 Å². The number of nitrogens with two attached hydrogens (primary N) is 1. The Morgan fingerprint density at radius 1 is 1.22 bits per heavy atom. The van der Waals surface area contributed by atoms with Crippen LogP contribution < -0.4 is 5.73 Å². The Bertz CT molecular complexity index is 851.